The summed E-state index contributed by atoms with van der Waals surface area (Å²) in [5.74, 6) is 0. The number of rotatable bonds is 4. The van der Waals surface area contributed by atoms with Crippen molar-refractivity contribution in [2.24, 2.45) is 0 Å². The molecule has 0 spiro atoms. The number of fused-ring (bicyclic) bond motifs is 2. The predicted octanol–water partition coefficient (Wildman–Crippen LogP) is 5.92. The van der Waals surface area contributed by atoms with Crippen molar-refractivity contribution in [1.82, 2.24) is 35.9 Å². The molecule has 15 heteroatoms. The number of alkyl carbamates (subject to hydrolysis) is 2. The van der Waals surface area contributed by atoms with Crippen LogP contribution < -0.4 is 20.9 Å². The Labute approximate surface area is 285 Å². The van der Waals surface area contributed by atoms with Crippen LogP contribution in [0.1, 0.15) is 67.2 Å². The van der Waals surface area contributed by atoms with Gasteiger partial charge in [0, 0.05) is 44.1 Å². The molecule has 0 aromatic carbocycles. The lowest BCUT2D eigenvalue weighted by Crippen LogP contribution is -2.49. The molecule has 2 unspecified atom stereocenters. The number of anilines is 1. The molecule has 2 atom stereocenters. The molecule has 0 bridgehead atoms. The molecule has 2 aliphatic rings. The fraction of sp³-hybridized carbons (Fsp3) is 0.576. The van der Waals surface area contributed by atoms with Crippen LogP contribution in [0.2, 0.25) is 0 Å². The van der Waals surface area contributed by atoms with E-state index in [9.17, 15) is 9.59 Å². The second-order valence-electron chi connectivity index (χ2n) is 13.5. The van der Waals surface area contributed by atoms with Gasteiger partial charge in [-0.2, -0.15) is 9.97 Å². The maximum Gasteiger partial charge on any atom is 0.407 e. The average Bonchev–Trinajstić information content (AvgIpc) is 3.65. The molecule has 6 rings (SSSR count). The van der Waals surface area contributed by atoms with Crippen LogP contribution in [0.15, 0.2) is 50.7 Å². The van der Waals surface area contributed by atoms with Gasteiger partial charge >= 0.3 is 12.2 Å². The number of amides is 2. The Hall–Kier alpha value is -4.11. The van der Waals surface area contributed by atoms with Crippen LogP contribution in [0.3, 0.4) is 0 Å². The second kappa shape index (κ2) is 16.8. The van der Waals surface area contributed by atoms with E-state index < -0.39 is 11.2 Å². The van der Waals surface area contributed by atoms with Crippen LogP contribution in [0.4, 0.5) is 15.6 Å². The summed E-state index contributed by atoms with van der Waals surface area (Å²) in [6.45, 7) is 14.5. The normalized spacial score (nSPS) is 18.2. The zero-order chi connectivity index (χ0) is 34.7. The van der Waals surface area contributed by atoms with E-state index in [0.29, 0.717) is 34.7 Å². The van der Waals surface area contributed by atoms with E-state index in [1.165, 1.54) is 11.8 Å². The molecule has 14 nitrogen and oxygen atoms in total. The van der Waals surface area contributed by atoms with Crippen LogP contribution >= 0.6 is 11.8 Å². The van der Waals surface area contributed by atoms with Crippen molar-refractivity contribution in [1.29, 1.82) is 0 Å². The predicted molar refractivity (Wildman–Crippen MR) is 185 cm³/mol. The van der Waals surface area contributed by atoms with E-state index in [-0.39, 0.29) is 24.3 Å². The highest BCUT2D eigenvalue weighted by Gasteiger charge is 2.27. The molecule has 3 N–H and O–H groups in total. The molecule has 48 heavy (non-hydrogen) atoms. The van der Waals surface area contributed by atoms with Crippen molar-refractivity contribution in [3.63, 3.8) is 0 Å². The number of hydrogen-bond acceptors (Lipinski definition) is 13. The standard InChI is InChI=1S/C16H22N4O3.C10H20N2O2.C7H6N2OS/c1-16(2,3)23-15(21)18-11-6-5-9-20(10-11)14-19-13-12(22-14)7-4-8-17-13;1-10(2,3)14-9(13)12-8-5-4-6-11-7-8;1-11-7-9-6-5(10-7)3-2-4-8-6/h4,7-8,11H,5-6,9-10H2,1-3H3,(H,18,21);8,11H,4-7H2,1-3H3,(H,12,13);2-4H,1H3. The van der Waals surface area contributed by atoms with Crippen LogP contribution in [-0.4, -0.2) is 87.8 Å². The third-order valence-electron chi connectivity index (χ3n) is 6.90. The summed E-state index contributed by atoms with van der Waals surface area (Å²) >= 11 is 1.48. The van der Waals surface area contributed by atoms with Gasteiger partial charge in [-0.3, -0.25) is 0 Å². The topological polar surface area (TPSA) is 170 Å². The highest BCUT2D eigenvalue weighted by molar-refractivity contribution is 7.98. The Morgan fingerprint density at radius 2 is 1.46 bits per heavy atom. The smallest absolute Gasteiger partial charge is 0.407 e. The molecule has 262 valence electrons. The first-order chi connectivity index (χ1) is 22.8. The third-order valence-corrected chi connectivity index (χ3v) is 7.43. The molecule has 2 fully saturated rings. The van der Waals surface area contributed by atoms with E-state index >= 15 is 0 Å². The largest absolute Gasteiger partial charge is 0.444 e. The number of oxazole rings is 2. The van der Waals surface area contributed by atoms with Gasteiger partial charge < -0.3 is 39.2 Å². The van der Waals surface area contributed by atoms with Gasteiger partial charge in [-0.15, -0.1) is 0 Å². The van der Waals surface area contributed by atoms with Gasteiger partial charge in [-0.05, 0) is 104 Å². The highest BCUT2D eigenvalue weighted by Crippen LogP contribution is 2.24. The van der Waals surface area contributed by atoms with Crippen molar-refractivity contribution >= 4 is 52.4 Å². The first-order valence-electron chi connectivity index (χ1n) is 16.2. The number of ether oxygens (including phenoxy) is 2. The average molecular weight is 685 g/mol. The number of thioether (sulfide) groups is 1. The lowest BCUT2D eigenvalue weighted by Gasteiger charge is -2.32. The van der Waals surface area contributed by atoms with E-state index in [2.05, 4.69) is 35.9 Å². The summed E-state index contributed by atoms with van der Waals surface area (Å²) < 4.78 is 21.5. The third kappa shape index (κ3) is 12.2. The number of carbonyl (C=O) groups is 2. The zero-order valence-corrected chi connectivity index (χ0v) is 29.7. The number of aromatic nitrogens is 4. The number of nitrogens with one attached hydrogen (secondary N) is 3. The number of hydrogen-bond donors (Lipinski definition) is 3. The summed E-state index contributed by atoms with van der Waals surface area (Å²) in [6, 6.07) is 8.14. The van der Waals surface area contributed by atoms with Gasteiger partial charge in [0.2, 0.25) is 5.65 Å². The molecule has 4 aromatic heterocycles. The summed E-state index contributed by atoms with van der Waals surface area (Å²) in [5, 5.41) is 9.67. The van der Waals surface area contributed by atoms with Crippen LogP contribution in [-0.2, 0) is 9.47 Å². The quantitative estimate of drug-likeness (QED) is 0.217. The molecular weight excluding hydrogens is 636 g/mol. The highest BCUT2D eigenvalue weighted by atomic mass is 32.2. The van der Waals surface area contributed by atoms with E-state index in [1.54, 1.807) is 12.4 Å². The number of piperidine rings is 2. The first kappa shape index (κ1) is 36.7. The van der Waals surface area contributed by atoms with Gasteiger partial charge in [0.1, 0.15) is 11.2 Å². The van der Waals surface area contributed by atoms with Gasteiger partial charge in [-0.1, -0.05) is 11.8 Å². The maximum absolute atomic E-state index is 11.9. The molecule has 2 aliphatic heterocycles. The minimum absolute atomic E-state index is 0.0153. The molecule has 4 aromatic rings. The van der Waals surface area contributed by atoms with Gasteiger partial charge in [-0.25, -0.2) is 19.6 Å². The zero-order valence-electron chi connectivity index (χ0n) is 28.9. The monoisotopic (exact) mass is 684 g/mol. The van der Waals surface area contributed by atoms with Gasteiger partial charge in [0.05, 0.1) is 0 Å². The Balaban J connectivity index is 0.000000177. The van der Waals surface area contributed by atoms with Crippen molar-refractivity contribution in [3.8, 4) is 0 Å². The summed E-state index contributed by atoms with van der Waals surface area (Å²) in [7, 11) is 0. The lowest BCUT2D eigenvalue weighted by molar-refractivity contribution is 0.0486. The minimum atomic E-state index is -0.496. The molecule has 0 aliphatic carbocycles. The fourth-order valence-corrected chi connectivity index (χ4v) is 5.27. The Morgan fingerprint density at radius 3 is 2.00 bits per heavy atom. The summed E-state index contributed by atoms with van der Waals surface area (Å²) in [5.41, 5.74) is 1.79. The van der Waals surface area contributed by atoms with E-state index in [4.69, 9.17) is 18.3 Å². The maximum atomic E-state index is 11.9. The van der Waals surface area contributed by atoms with Crippen molar-refractivity contribution in [2.45, 2.75) is 95.7 Å². The molecule has 0 saturated carbocycles. The van der Waals surface area contributed by atoms with Gasteiger partial charge in [0.25, 0.3) is 11.2 Å². The number of nitrogens with zero attached hydrogens (tertiary/aromatic N) is 5. The van der Waals surface area contributed by atoms with Crippen molar-refractivity contribution in [3.05, 3.63) is 36.7 Å². The van der Waals surface area contributed by atoms with Gasteiger partial charge in [0.15, 0.2) is 16.8 Å². The SMILES string of the molecule is CC(C)(C)OC(=O)NC1CCCN(c2nc3ncccc3o2)C1.CC(C)(C)OC(=O)NC1CCCNC1.CSc1nc2ncccc2o1. The molecule has 6 heterocycles. The minimum Gasteiger partial charge on any atom is -0.444 e. The van der Waals surface area contributed by atoms with Crippen LogP contribution in [0, 0.1) is 0 Å². The van der Waals surface area contributed by atoms with Crippen molar-refractivity contribution in [2.75, 3.05) is 37.3 Å². The lowest BCUT2D eigenvalue weighted by atomic mass is 10.1. The Kier molecular flexibility index (Phi) is 12.9. The number of carbonyl (C=O) groups excluding carboxylic acids is 2. The van der Waals surface area contributed by atoms with E-state index in [0.717, 1.165) is 50.9 Å². The van der Waals surface area contributed by atoms with E-state index in [1.807, 2.05) is 77.0 Å². The van der Waals surface area contributed by atoms with Crippen LogP contribution in [0.5, 0.6) is 0 Å². The second-order valence-corrected chi connectivity index (χ2v) is 14.2. The molecule has 0 radical (unpaired) electrons. The summed E-state index contributed by atoms with van der Waals surface area (Å²) in [6.07, 6.45) is 8.63. The summed E-state index contributed by atoms with van der Waals surface area (Å²) in [4.78, 5) is 42.1. The number of pyridine rings is 2. The first-order valence-corrected chi connectivity index (χ1v) is 17.4. The fourth-order valence-electron chi connectivity index (χ4n) is 4.92. The Bertz CT molecular complexity index is 1540. The molecule has 2 amide bonds. The van der Waals surface area contributed by atoms with Crippen LogP contribution in [0.25, 0.3) is 22.5 Å². The van der Waals surface area contributed by atoms with Crippen molar-refractivity contribution < 1.29 is 27.9 Å². The molecule has 2 saturated heterocycles. The Morgan fingerprint density at radius 1 is 0.875 bits per heavy atom. The molecular formula is C33H48N8O6S.